The lowest BCUT2D eigenvalue weighted by Crippen LogP contribution is -2.42. The summed E-state index contributed by atoms with van der Waals surface area (Å²) in [6.07, 6.45) is -0.0146. The van der Waals surface area contributed by atoms with Gasteiger partial charge in [-0.15, -0.1) is 0 Å². The van der Waals surface area contributed by atoms with Crippen LogP contribution in [0, 0.1) is 0 Å². The number of phenolic OH excluding ortho intramolecular Hbond substituents is 1. The highest BCUT2D eigenvalue weighted by Crippen LogP contribution is 2.28. The number of carbonyl (C=O) groups is 1. The first-order valence-corrected chi connectivity index (χ1v) is 6.46. The zero-order valence-electron chi connectivity index (χ0n) is 11.2. The van der Waals surface area contributed by atoms with Gasteiger partial charge in [0.1, 0.15) is 5.75 Å². The van der Waals surface area contributed by atoms with Crippen LogP contribution in [0.3, 0.4) is 0 Å². The molecule has 3 unspecified atom stereocenters. The number of hydrogen-bond donors (Lipinski definition) is 3. The monoisotopic (exact) mass is 264 g/mol. The molecule has 1 aliphatic heterocycles. The molecule has 1 amide bonds. The summed E-state index contributed by atoms with van der Waals surface area (Å²) in [5.41, 5.74) is 0.719. The Labute approximate surface area is 112 Å². The molecule has 2 rings (SSSR count). The summed E-state index contributed by atoms with van der Waals surface area (Å²) < 4.78 is 0. The molecule has 5 nitrogen and oxygen atoms in total. The molecule has 0 aromatic heterocycles. The Morgan fingerprint density at radius 2 is 2.16 bits per heavy atom. The minimum absolute atomic E-state index is 0.0627. The molecule has 1 aromatic carbocycles. The number of aliphatic hydroxyl groups excluding tert-OH is 1. The summed E-state index contributed by atoms with van der Waals surface area (Å²) in [7, 11) is 1.71. The lowest BCUT2D eigenvalue weighted by atomic mass is 10.0. The molecule has 0 radical (unpaired) electrons. The summed E-state index contributed by atoms with van der Waals surface area (Å²) in [5, 5.41) is 22.3. The Hall–Kier alpha value is -1.59. The molecular formula is C14H20N2O3. The van der Waals surface area contributed by atoms with Crippen molar-refractivity contribution in [1.82, 2.24) is 10.2 Å². The number of β-amino-alcohol motifs (C(OH)–C–C–N with tert-alkyl or cyclic N) is 1. The van der Waals surface area contributed by atoms with Gasteiger partial charge in [0.2, 0.25) is 5.91 Å². The number of nitrogens with zero attached hydrogens (tertiary/aromatic N) is 1. The van der Waals surface area contributed by atoms with Crippen LogP contribution < -0.4 is 5.32 Å². The zero-order chi connectivity index (χ0) is 14.0. The van der Waals surface area contributed by atoms with Crippen LogP contribution in [0.1, 0.15) is 24.9 Å². The zero-order valence-corrected chi connectivity index (χ0v) is 11.2. The number of phenols is 1. The van der Waals surface area contributed by atoms with E-state index in [9.17, 15) is 15.0 Å². The first kappa shape index (κ1) is 13.8. The number of carbonyl (C=O) groups excluding carboxylic acids is 1. The smallest absolute Gasteiger partial charge is 0.240 e. The van der Waals surface area contributed by atoms with Crippen LogP contribution in [0.2, 0.25) is 0 Å². The predicted octanol–water partition coefficient (Wildman–Crippen LogP) is 0.634. The van der Waals surface area contributed by atoms with Gasteiger partial charge in [0.15, 0.2) is 0 Å². The molecule has 0 saturated carbocycles. The molecule has 1 aliphatic rings. The minimum Gasteiger partial charge on any atom is -0.508 e. The second-order valence-electron chi connectivity index (χ2n) is 5.03. The van der Waals surface area contributed by atoms with Gasteiger partial charge in [-0.05, 0) is 19.4 Å². The molecule has 0 aliphatic carbocycles. The second-order valence-corrected chi connectivity index (χ2v) is 5.03. The van der Waals surface area contributed by atoms with Crippen LogP contribution in [0.15, 0.2) is 24.3 Å². The van der Waals surface area contributed by atoms with Crippen molar-refractivity contribution in [1.29, 1.82) is 0 Å². The van der Waals surface area contributed by atoms with Crippen LogP contribution in [-0.4, -0.2) is 46.8 Å². The van der Waals surface area contributed by atoms with Crippen LogP contribution in [0.25, 0.3) is 0 Å². The van der Waals surface area contributed by atoms with Crippen LogP contribution in [0.5, 0.6) is 5.75 Å². The van der Waals surface area contributed by atoms with E-state index in [1.807, 2.05) is 13.0 Å². The largest absolute Gasteiger partial charge is 0.508 e. The molecule has 19 heavy (non-hydrogen) atoms. The summed E-state index contributed by atoms with van der Waals surface area (Å²) >= 11 is 0. The van der Waals surface area contributed by atoms with Crippen molar-refractivity contribution >= 4 is 5.91 Å². The highest BCUT2D eigenvalue weighted by atomic mass is 16.3. The number of para-hydroxylation sites is 1. The molecule has 3 atom stereocenters. The molecule has 1 saturated heterocycles. The average molecular weight is 264 g/mol. The summed E-state index contributed by atoms with van der Waals surface area (Å²) in [5.74, 6) is 0.126. The van der Waals surface area contributed by atoms with Crippen molar-refractivity contribution in [2.24, 2.45) is 0 Å². The number of nitrogens with one attached hydrogen (secondary N) is 1. The van der Waals surface area contributed by atoms with Crippen molar-refractivity contribution in [3.63, 3.8) is 0 Å². The Kier molecular flexibility index (Phi) is 4.07. The lowest BCUT2D eigenvalue weighted by molar-refractivity contribution is -0.133. The highest BCUT2D eigenvalue weighted by molar-refractivity contribution is 5.82. The first-order chi connectivity index (χ1) is 9.00. The topological polar surface area (TPSA) is 72.8 Å². The van der Waals surface area contributed by atoms with Crippen molar-refractivity contribution in [3.05, 3.63) is 29.8 Å². The van der Waals surface area contributed by atoms with E-state index in [0.717, 1.165) is 5.56 Å². The molecule has 1 aromatic rings. The molecule has 5 heteroatoms. The third-order valence-corrected chi connectivity index (χ3v) is 3.72. The Morgan fingerprint density at radius 3 is 2.74 bits per heavy atom. The maximum absolute atomic E-state index is 12.3. The number of hydrogen-bond acceptors (Lipinski definition) is 4. The van der Waals surface area contributed by atoms with E-state index < -0.39 is 6.10 Å². The molecular weight excluding hydrogens is 244 g/mol. The van der Waals surface area contributed by atoms with Gasteiger partial charge in [-0.25, -0.2) is 0 Å². The van der Waals surface area contributed by atoms with Gasteiger partial charge in [0, 0.05) is 19.2 Å². The van der Waals surface area contributed by atoms with Crippen molar-refractivity contribution < 1.29 is 15.0 Å². The van der Waals surface area contributed by atoms with E-state index in [-0.39, 0.29) is 23.7 Å². The average Bonchev–Trinajstić information content (AvgIpc) is 2.83. The number of benzene rings is 1. The number of aromatic hydroxyl groups is 1. The minimum atomic E-state index is -0.456. The van der Waals surface area contributed by atoms with E-state index in [1.165, 1.54) is 0 Å². The van der Waals surface area contributed by atoms with E-state index in [2.05, 4.69) is 5.32 Å². The van der Waals surface area contributed by atoms with Crippen LogP contribution >= 0.6 is 0 Å². The van der Waals surface area contributed by atoms with Gasteiger partial charge in [0.25, 0.3) is 0 Å². The van der Waals surface area contributed by atoms with Crippen LogP contribution in [-0.2, 0) is 4.79 Å². The summed E-state index contributed by atoms with van der Waals surface area (Å²) in [4.78, 5) is 13.9. The normalized spacial score (nSPS) is 24.2. The van der Waals surface area contributed by atoms with Gasteiger partial charge in [0.05, 0.1) is 18.2 Å². The standard InChI is InChI=1S/C14H20N2O3/c1-9(11-5-3-4-6-13(11)18)16(2)14(19)12-7-10(17)8-15-12/h3-6,9-10,12,15,17-18H,7-8H2,1-2H3. The number of amides is 1. The molecule has 3 N–H and O–H groups in total. The van der Waals surface area contributed by atoms with Crippen LogP contribution in [0.4, 0.5) is 0 Å². The van der Waals surface area contributed by atoms with Crippen molar-refractivity contribution in [3.8, 4) is 5.75 Å². The fraction of sp³-hybridized carbons (Fsp3) is 0.500. The quantitative estimate of drug-likeness (QED) is 0.749. The van der Waals surface area contributed by atoms with E-state index in [1.54, 1.807) is 30.1 Å². The van der Waals surface area contributed by atoms with Gasteiger partial charge >= 0.3 is 0 Å². The molecule has 0 spiro atoms. The molecule has 0 bridgehead atoms. The van der Waals surface area contributed by atoms with Crippen molar-refractivity contribution in [2.45, 2.75) is 31.5 Å². The third kappa shape index (κ3) is 2.88. The number of likely N-dealkylation sites (N-methyl/N-ethyl adjacent to an activating group) is 1. The first-order valence-electron chi connectivity index (χ1n) is 6.46. The van der Waals surface area contributed by atoms with Crippen molar-refractivity contribution in [2.75, 3.05) is 13.6 Å². The third-order valence-electron chi connectivity index (χ3n) is 3.72. The number of rotatable bonds is 3. The highest BCUT2D eigenvalue weighted by Gasteiger charge is 2.32. The second kappa shape index (κ2) is 5.59. The molecule has 1 heterocycles. The summed E-state index contributed by atoms with van der Waals surface area (Å²) in [6.45, 7) is 2.33. The van der Waals surface area contributed by atoms with E-state index >= 15 is 0 Å². The van der Waals surface area contributed by atoms with Gasteiger partial charge in [-0.3, -0.25) is 4.79 Å². The van der Waals surface area contributed by atoms with E-state index in [0.29, 0.717) is 13.0 Å². The Morgan fingerprint density at radius 1 is 1.47 bits per heavy atom. The maximum Gasteiger partial charge on any atom is 0.240 e. The summed E-state index contributed by atoms with van der Waals surface area (Å²) in [6, 6.07) is 6.45. The molecule has 104 valence electrons. The number of aliphatic hydroxyl groups is 1. The van der Waals surface area contributed by atoms with Gasteiger partial charge in [-0.1, -0.05) is 18.2 Å². The Bertz CT molecular complexity index is 464. The lowest BCUT2D eigenvalue weighted by Gasteiger charge is -2.28. The van der Waals surface area contributed by atoms with Gasteiger partial charge < -0.3 is 20.4 Å². The van der Waals surface area contributed by atoms with Gasteiger partial charge in [-0.2, -0.15) is 0 Å². The Balaban J connectivity index is 2.09. The molecule has 1 fully saturated rings. The SMILES string of the molecule is CC(c1ccccc1O)N(C)C(=O)C1CC(O)CN1. The van der Waals surface area contributed by atoms with E-state index in [4.69, 9.17) is 0 Å². The fourth-order valence-corrected chi connectivity index (χ4v) is 2.39. The predicted molar refractivity (Wildman–Crippen MR) is 71.7 cm³/mol. The maximum atomic E-state index is 12.3. The fourth-order valence-electron chi connectivity index (χ4n) is 2.39.